The van der Waals surface area contributed by atoms with Crippen LogP contribution in [0.15, 0.2) is 54.9 Å². The van der Waals surface area contributed by atoms with Gasteiger partial charge in [-0.2, -0.15) is 0 Å². The van der Waals surface area contributed by atoms with Gasteiger partial charge in [0.1, 0.15) is 24.4 Å². The topological polar surface area (TPSA) is 30.9 Å². The summed E-state index contributed by atoms with van der Waals surface area (Å²) in [7, 11) is 0. The van der Waals surface area contributed by atoms with Crippen molar-refractivity contribution >= 4 is 0 Å². The normalized spacial score (nSPS) is 20.7. The fourth-order valence-corrected chi connectivity index (χ4v) is 3.74. The van der Waals surface area contributed by atoms with E-state index in [2.05, 4.69) is 66.3 Å². The molecule has 0 spiro atoms. The smallest absolute Gasteiger partial charge is 0.304 e. The van der Waals surface area contributed by atoms with Gasteiger partial charge in [-0.25, -0.2) is 4.57 Å². The lowest BCUT2D eigenvalue weighted by Crippen LogP contribution is -3.00. The molecule has 24 heavy (non-hydrogen) atoms. The standard InChI is InChI=1S/C19H18N3O.ClH/c1-13-6-8-15(9-7-13)22-12-21-18(20-22)11-23-17-10-14-4-2-3-5-16(14)19(17)21;/h2-9,12,17,19H,10-11H2,1H3;1H/q+1;/p-1/t17-,19+;/m1./s1. The van der Waals surface area contributed by atoms with E-state index in [1.807, 2.05) is 4.68 Å². The summed E-state index contributed by atoms with van der Waals surface area (Å²) in [5.74, 6) is 0.989. The van der Waals surface area contributed by atoms with Crippen LogP contribution in [-0.2, 0) is 17.8 Å². The molecule has 5 heteroatoms. The Morgan fingerprint density at radius 2 is 1.92 bits per heavy atom. The van der Waals surface area contributed by atoms with Crippen molar-refractivity contribution in [3.63, 3.8) is 0 Å². The molecule has 0 N–H and O–H groups in total. The van der Waals surface area contributed by atoms with Gasteiger partial charge in [-0.05, 0) is 30.2 Å². The Labute approximate surface area is 147 Å². The Bertz CT molecular complexity index is 888. The van der Waals surface area contributed by atoms with Crippen LogP contribution in [0.2, 0.25) is 0 Å². The molecule has 1 aromatic heterocycles. The Balaban J connectivity index is 0.00000146. The summed E-state index contributed by atoms with van der Waals surface area (Å²) >= 11 is 0. The Morgan fingerprint density at radius 3 is 2.75 bits per heavy atom. The van der Waals surface area contributed by atoms with Gasteiger partial charge in [0.2, 0.25) is 6.33 Å². The average molecular weight is 340 g/mol. The second-order valence-electron chi connectivity index (χ2n) is 6.42. The monoisotopic (exact) mass is 339 g/mol. The van der Waals surface area contributed by atoms with Crippen LogP contribution >= 0.6 is 0 Å². The highest BCUT2D eigenvalue weighted by molar-refractivity contribution is 5.36. The van der Waals surface area contributed by atoms with E-state index in [1.54, 1.807) is 0 Å². The number of fused-ring (bicyclic) bond motifs is 5. The lowest BCUT2D eigenvalue weighted by molar-refractivity contribution is -0.739. The number of ether oxygens (including phenoxy) is 1. The Hall–Kier alpha value is -2.17. The molecule has 2 aliphatic rings. The van der Waals surface area contributed by atoms with Crippen molar-refractivity contribution in [2.24, 2.45) is 0 Å². The summed E-state index contributed by atoms with van der Waals surface area (Å²) in [6.07, 6.45) is 3.33. The lowest BCUT2D eigenvalue weighted by atomic mass is 10.1. The maximum atomic E-state index is 6.08. The maximum absolute atomic E-state index is 6.08. The van der Waals surface area contributed by atoms with Crippen LogP contribution in [0, 0.1) is 6.92 Å². The fraction of sp³-hybridized carbons (Fsp3) is 0.263. The van der Waals surface area contributed by atoms with Gasteiger partial charge in [-0.3, -0.25) is 0 Å². The van der Waals surface area contributed by atoms with Gasteiger partial charge in [0.05, 0.1) is 0 Å². The summed E-state index contributed by atoms with van der Waals surface area (Å²) < 4.78 is 10.3. The molecule has 1 aliphatic heterocycles. The maximum Gasteiger partial charge on any atom is 0.304 e. The van der Waals surface area contributed by atoms with Gasteiger partial charge in [0.15, 0.2) is 0 Å². The van der Waals surface area contributed by atoms with Crippen LogP contribution < -0.4 is 17.0 Å². The van der Waals surface area contributed by atoms with Crippen LogP contribution in [0.4, 0.5) is 0 Å². The first-order valence-electron chi connectivity index (χ1n) is 8.06. The van der Waals surface area contributed by atoms with E-state index in [-0.39, 0.29) is 24.6 Å². The van der Waals surface area contributed by atoms with E-state index in [0.717, 1.165) is 17.9 Å². The van der Waals surface area contributed by atoms with Crippen molar-refractivity contribution in [2.75, 3.05) is 0 Å². The van der Waals surface area contributed by atoms with Crippen LogP contribution in [0.3, 0.4) is 0 Å². The number of hydrogen-bond donors (Lipinski definition) is 0. The van der Waals surface area contributed by atoms with E-state index in [9.17, 15) is 0 Å². The number of rotatable bonds is 1. The quantitative estimate of drug-likeness (QED) is 0.561. The molecule has 5 rings (SSSR count). The zero-order valence-electron chi connectivity index (χ0n) is 13.4. The highest BCUT2D eigenvalue weighted by Gasteiger charge is 2.43. The first-order valence-corrected chi connectivity index (χ1v) is 8.06. The molecule has 0 saturated carbocycles. The molecule has 0 radical (unpaired) electrons. The van der Waals surface area contributed by atoms with Gasteiger partial charge < -0.3 is 17.1 Å². The predicted molar refractivity (Wildman–Crippen MR) is 85.4 cm³/mol. The lowest BCUT2D eigenvalue weighted by Gasteiger charge is -2.23. The Kier molecular flexibility index (Phi) is 3.66. The van der Waals surface area contributed by atoms with Crippen LogP contribution in [0.25, 0.3) is 5.69 Å². The van der Waals surface area contributed by atoms with E-state index in [4.69, 9.17) is 9.84 Å². The fourth-order valence-electron chi connectivity index (χ4n) is 3.74. The second-order valence-corrected chi connectivity index (χ2v) is 6.42. The molecule has 0 bridgehead atoms. The molecule has 2 heterocycles. The second kappa shape index (κ2) is 5.72. The minimum absolute atomic E-state index is 0. The predicted octanol–water partition coefficient (Wildman–Crippen LogP) is -0.483. The van der Waals surface area contributed by atoms with Gasteiger partial charge in [0, 0.05) is 11.5 Å². The highest BCUT2D eigenvalue weighted by atomic mass is 35.5. The van der Waals surface area contributed by atoms with Crippen LogP contribution in [0.1, 0.15) is 28.6 Å². The Morgan fingerprint density at radius 1 is 1.12 bits per heavy atom. The third kappa shape index (κ3) is 2.26. The van der Waals surface area contributed by atoms with Gasteiger partial charge >= 0.3 is 5.82 Å². The highest BCUT2D eigenvalue weighted by Crippen LogP contribution is 2.35. The minimum atomic E-state index is 0. The van der Waals surface area contributed by atoms with E-state index < -0.39 is 0 Å². The van der Waals surface area contributed by atoms with Gasteiger partial charge in [-0.1, -0.05) is 46.6 Å². The van der Waals surface area contributed by atoms with Gasteiger partial charge in [-0.15, -0.1) is 0 Å². The third-order valence-corrected chi connectivity index (χ3v) is 4.93. The number of benzene rings is 2. The molecule has 0 fully saturated rings. The van der Waals surface area contributed by atoms with Crippen molar-refractivity contribution < 1.29 is 21.7 Å². The van der Waals surface area contributed by atoms with Crippen molar-refractivity contribution in [3.8, 4) is 5.69 Å². The molecule has 3 aromatic rings. The molecule has 0 saturated heterocycles. The summed E-state index contributed by atoms with van der Waals surface area (Å²) in [4.78, 5) is 0. The molecular weight excluding hydrogens is 322 g/mol. The molecule has 4 nitrogen and oxygen atoms in total. The van der Waals surface area contributed by atoms with Crippen molar-refractivity contribution in [1.82, 2.24) is 9.78 Å². The molecule has 0 unspecified atom stereocenters. The van der Waals surface area contributed by atoms with Crippen LogP contribution in [0.5, 0.6) is 0 Å². The van der Waals surface area contributed by atoms with E-state index >= 15 is 0 Å². The number of nitrogens with zero attached hydrogens (tertiary/aromatic N) is 3. The largest absolute Gasteiger partial charge is 1.00 e. The van der Waals surface area contributed by atoms with Crippen molar-refractivity contribution in [1.29, 1.82) is 0 Å². The summed E-state index contributed by atoms with van der Waals surface area (Å²) in [5.41, 5.74) is 5.10. The molecule has 2 aromatic carbocycles. The molecular formula is C19H18ClN3O. The van der Waals surface area contributed by atoms with E-state index in [1.165, 1.54) is 16.7 Å². The zero-order chi connectivity index (χ0) is 15.4. The van der Waals surface area contributed by atoms with Gasteiger partial charge in [0.25, 0.3) is 0 Å². The summed E-state index contributed by atoms with van der Waals surface area (Å²) in [6, 6.07) is 17.3. The summed E-state index contributed by atoms with van der Waals surface area (Å²) in [6.45, 7) is 2.68. The molecule has 2 atom stereocenters. The summed E-state index contributed by atoms with van der Waals surface area (Å²) in [5, 5.41) is 4.74. The first kappa shape index (κ1) is 15.4. The number of aromatic nitrogens is 3. The molecule has 1 aliphatic carbocycles. The first-order chi connectivity index (χ1) is 11.3. The minimum Gasteiger partial charge on any atom is -1.00 e. The number of aryl methyl sites for hydroxylation is 1. The third-order valence-electron chi connectivity index (χ3n) is 4.93. The average Bonchev–Trinajstić information content (AvgIpc) is 3.16. The molecule has 0 amide bonds. The van der Waals surface area contributed by atoms with Crippen LogP contribution in [-0.4, -0.2) is 15.9 Å². The molecule has 122 valence electrons. The SMILES string of the molecule is Cc1ccc(-n2c[n+]3c(n2)CO[C@@H]2Cc4ccccc4[C@@H]23)cc1.[Cl-]. The number of halogens is 1. The zero-order valence-corrected chi connectivity index (χ0v) is 14.1. The van der Waals surface area contributed by atoms with Crippen molar-refractivity contribution in [2.45, 2.75) is 32.1 Å². The number of hydrogen-bond acceptors (Lipinski definition) is 2. The van der Waals surface area contributed by atoms with E-state index in [0.29, 0.717) is 6.61 Å². The van der Waals surface area contributed by atoms with Crippen molar-refractivity contribution in [3.05, 3.63) is 77.4 Å².